The molecule has 1 unspecified atom stereocenters. The van der Waals surface area contributed by atoms with E-state index in [4.69, 9.17) is 0 Å². The Morgan fingerprint density at radius 2 is 1.83 bits per heavy atom. The lowest BCUT2D eigenvalue weighted by atomic mass is 10.1. The predicted octanol–water partition coefficient (Wildman–Crippen LogP) is 3.07. The zero-order chi connectivity index (χ0) is 9.72. The van der Waals surface area contributed by atoms with Gasteiger partial charge in [0.15, 0.2) is 0 Å². The van der Waals surface area contributed by atoms with Gasteiger partial charge in [0.1, 0.15) is 0 Å². The van der Waals surface area contributed by atoms with E-state index in [1.165, 1.54) is 5.57 Å². The van der Waals surface area contributed by atoms with Gasteiger partial charge in [-0.3, -0.25) is 4.90 Å². The molecule has 1 nitrogen and oxygen atoms in total. The summed E-state index contributed by atoms with van der Waals surface area (Å²) in [5, 5.41) is 0. The Balaban J connectivity index is 4.31. The van der Waals surface area contributed by atoms with E-state index in [0.717, 1.165) is 6.54 Å². The van der Waals surface area contributed by atoms with Crippen LogP contribution in [0, 0.1) is 0 Å². The van der Waals surface area contributed by atoms with Gasteiger partial charge in [0.25, 0.3) is 0 Å². The van der Waals surface area contributed by atoms with E-state index in [2.05, 4.69) is 52.5 Å². The van der Waals surface area contributed by atoms with Crippen LogP contribution in [-0.2, 0) is 0 Å². The van der Waals surface area contributed by atoms with Gasteiger partial charge in [0.2, 0.25) is 0 Å². The van der Waals surface area contributed by atoms with Crippen LogP contribution in [0.5, 0.6) is 0 Å². The van der Waals surface area contributed by atoms with Crippen LogP contribution in [0.15, 0.2) is 11.6 Å². The number of likely N-dealkylation sites (N-methyl/N-ethyl adjacent to an activating group) is 1. The van der Waals surface area contributed by atoms with Crippen molar-refractivity contribution < 1.29 is 0 Å². The van der Waals surface area contributed by atoms with Crippen molar-refractivity contribution in [2.45, 2.75) is 53.6 Å². The topological polar surface area (TPSA) is 3.24 Å². The van der Waals surface area contributed by atoms with Gasteiger partial charge in [-0.25, -0.2) is 0 Å². The van der Waals surface area contributed by atoms with Crippen molar-refractivity contribution in [1.82, 2.24) is 4.90 Å². The summed E-state index contributed by atoms with van der Waals surface area (Å²) in [4.78, 5) is 2.50. The van der Waals surface area contributed by atoms with Crippen LogP contribution in [0.3, 0.4) is 0 Å². The van der Waals surface area contributed by atoms with Gasteiger partial charge in [-0.2, -0.15) is 0 Å². The molecule has 0 saturated carbocycles. The summed E-state index contributed by atoms with van der Waals surface area (Å²) >= 11 is 0. The third-order valence-corrected chi connectivity index (χ3v) is 2.64. The van der Waals surface area contributed by atoms with Crippen LogP contribution in [0.4, 0.5) is 0 Å². The summed E-state index contributed by atoms with van der Waals surface area (Å²) in [5.74, 6) is 0. The molecule has 0 fully saturated rings. The Labute approximate surface area is 77.5 Å². The van der Waals surface area contributed by atoms with Gasteiger partial charge in [-0.1, -0.05) is 18.6 Å². The van der Waals surface area contributed by atoms with Crippen molar-refractivity contribution in [3.8, 4) is 0 Å². The fourth-order valence-electron chi connectivity index (χ4n) is 1.59. The Morgan fingerprint density at radius 1 is 1.33 bits per heavy atom. The summed E-state index contributed by atoms with van der Waals surface area (Å²) in [6, 6.07) is 1.22. The lowest BCUT2D eigenvalue weighted by Crippen LogP contribution is -2.39. The third-order valence-electron chi connectivity index (χ3n) is 2.64. The number of rotatable bonds is 4. The first-order valence-corrected chi connectivity index (χ1v) is 4.93. The quantitative estimate of drug-likeness (QED) is 0.585. The highest BCUT2D eigenvalue weighted by Gasteiger charge is 2.15. The van der Waals surface area contributed by atoms with Gasteiger partial charge >= 0.3 is 0 Å². The Hall–Kier alpha value is -0.300. The van der Waals surface area contributed by atoms with Crippen LogP contribution in [-0.4, -0.2) is 23.5 Å². The van der Waals surface area contributed by atoms with E-state index in [9.17, 15) is 0 Å². The second-order valence-electron chi connectivity index (χ2n) is 3.63. The molecule has 0 N–H and O–H groups in total. The molecule has 1 heteroatoms. The highest BCUT2D eigenvalue weighted by Crippen LogP contribution is 2.12. The second-order valence-corrected chi connectivity index (χ2v) is 3.63. The maximum Gasteiger partial charge on any atom is 0.0279 e. The first kappa shape index (κ1) is 11.7. The van der Waals surface area contributed by atoms with Crippen molar-refractivity contribution in [3.63, 3.8) is 0 Å². The molecule has 0 radical (unpaired) electrons. The lowest BCUT2D eigenvalue weighted by Gasteiger charge is -2.32. The monoisotopic (exact) mass is 169 g/mol. The fraction of sp³-hybridized carbons (Fsp3) is 0.818. The minimum absolute atomic E-state index is 0.583. The molecule has 12 heavy (non-hydrogen) atoms. The molecular formula is C11H23N. The van der Waals surface area contributed by atoms with Gasteiger partial charge < -0.3 is 0 Å². The fourth-order valence-corrected chi connectivity index (χ4v) is 1.59. The zero-order valence-corrected chi connectivity index (χ0v) is 9.39. The van der Waals surface area contributed by atoms with Gasteiger partial charge in [-0.15, -0.1) is 0 Å². The standard InChI is InChI=1S/C11H23N/c1-7-10(5)11(6)12(8-2)9(3)4/h7,9,11H,8H2,1-6H3/b10-7-. The molecule has 0 rings (SSSR count). The van der Waals surface area contributed by atoms with Crippen LogP contribution >= 0.6 is 0 Å². The molecule has 0 aromatic heterocycles. The van der Waals surface area contributed by atoms with Crippen LogP contribution in [0.25, 0.3) is 0 Å². The number of nitrogens with zero attached hydrogens (tertiary/aromatic N) is 1. The molecular weight excluding hydrogens is 146 g/mol. The lowest BCUT2D eigenvalue weighted by molar-refractivity contribution is 0.195. The van der Waals surface area contributed by atoms with E-state index < -0.39 is 0 Å². The van der Waals surface area contributed by atoms with E-state index in [-0.39, 0.29) is 0 Å². The molecule has 72 valence electrons. The van der Waals surface area contributed by atoms with Crippen molar-refractivity contribution >= 4 is 0 Å². The average molecular weight is 169 g/mol. The summed E-state index contributed by atoms with van der Waals surface area (Å²) in [6.07, 6.45) is 2.20. The van der Waals surface area contributed by atoms with Crippen molar-refractivity contribution in [2.24, 2.45) is 0 Å². The van der Waals surface area contributed by atoms with Crippen LogP contribution in [0.2, 0.25) is 0 Å². The molecule has 0 aliphatic heterocycles. The van der Waals surface area contributed by atoms with Crippen molar-refractivity contribution in [3.05, 3.63) is 11.6 Å². The Morgan fingerprint density at radius 3 is 2.08 bits per heavy atom. The molecule has 0 heterocycles. The van der Waals surface area contributed by atoms with Crippen molar-refractivity contribution in [1.29, 1.82) is 0 Å². The summed E-state index contributed by atoms with van der Waals surface area (Å²) in [7, 11) is 0. The number of hydrogen-bond acceptors (Lipinski definition) is 1. The zero-order valence-electron chi connectivity index (χ0n) is 9.39. The third kappa shape index (κ3) is 2.98. The summed E-state index contributed by atoms with van der Waals surface area (Å²) in [6.45, 7) is 14.4. The van der Waals surface area contributed by atoms with Gasteiger partial charge in [-0.05, 0) is 41.2 Å². The number of hydrogen-bond donors (Lipinski definition) is 0. The molecule has 1 atom stereocenters. The predicted molar refractivity (Wildman–Crippen MR) is 56.4 cm³/mol. The molecule has 0 saturated heterocycles. The first-order valence-electron chi connectivity index (χ1n) is 4.93. The molecule has 0 spiro atoms. The Kier molecular flexibility index (Phi) is 5.23. The van der Waals surface area contributed by atoms with Gasteiger partial charge in [0.05, 0.1) is 0 Å². The molecule has 0 aromatic carbocycles. The molecule has 0 aliphatic rings. The summed E-state index contributed by atoms with van der Waals surface area (Å²) < 4.78 is 0. The molecule has 0 aromatic rings. The van der Waals surface area contributed by atoms with E-state index in [1.54, 1.807) is 0 Å². The smallest absolute Gasteiger partial charge is 0.0279 e. The Bertz CT molecular complexity index is 147. The van der Waals surface area contributed by atoms with Crippen LogP contribution < -0.4 is 0 Å². The minimum atomic E-state index is 0.583. The van der Waals surface area contributed by atoms with E-state index >= 15 is 0 Å². The van der Waals surface area contributed by atoms with Gasteiger partial charge in [0, 0.05) is 12.1 Å². The largest absolute Gasteiger partial charge is 0.295 e. The SMILES string of the molecule is C/C=C(/C)C(C)N(CC)C(C)C. The highest BCUT2D eigenvalue weighted by molar-refractivity contribution is 5.05. The van der Waals surface area contributed by atoms with Crippen molar-refractivity contribution in [2.75, 3.05) is 6.54 Å². The molecule has 0 bridgehead atoms. The highest BCUT2D eigenvalue weighted by atomic mass is 15.2. The van der Waals surface area contributed by atoms with E-state index in [1.807, 2.05) is 0 Å². The number of allylic oxidation sites excluding steroid dienone is 1. The molecule has 0 amide bonds. The van der Waals surface area contributed by atoms with E-state index in [0.29, 0.717) is 12.1 Å². The summed E-state index contributed by atoms with van der Waals surface area (Å²) in [5.41, 5.74) is 1.46. The average Bonchev–Trinajstić information content (AvgIpc) is 2.03. The maximum atomic E-state index is 2.50. The molecule has 0 aliphatic carbocycles. The minimum Gasteiger partial charge on any atom is -0.295 e. The first-order chi connectivity index (χ1) is 5.54. The van der Waals surface area contributed by atoms with Crippen LogP contribution in [0.1, 0.15) is 41.5 Å². The normalized spacial score (nSPS) is 15.8. The maximum absolute atomic E-state index is 2.50. The second kappa shape index (κ2) is 5.36.